The molecule has 0 bridgehead atoms. The van der Waals surface area contributed by atoms with Crippen molar-refractivity contribution in [3.8, 4) is 5.75 Å². The molecule has 28 heavy (non-hydrogen) atoms. The number of hydrogen-bond acceptors (Lipinski definition) is 5. The van der Waals surface area contributed by atoms with Gasteiger partial charge in [-0.2, -0.15) is 0 Å². The van der Waals surface area contributed by atoms with Gasteiger partial charge in [-0.15, -0.1) is 0 Å². The Morgan fingerprint density at radius 2 is 2.11 bits per heavy atom. The molecule has 7 heteroatoms. The smallest absolute Gasteiger partial charge is 0.343 e. The number of nitrogens with zero attached hydrogens (tertiary/aromatic N) is 2. The van der Waals surface area contributed by atoms with Crippen molar-refractivity contribution in [3.05, 3.63) is 59.5 Å². The van der Waals surface area contributed by atoms with Crippen molar-refractivity contribution >= 4 is 22.8 Å². The van der Waals surface area contributed by atoms with Crippen LogP contribution in [0.5, 0.6) is 5.75 Å². The molecule has 1 aliphatic rings. The van der Waals surface area contributed by atoms with Gasteiger partial charge in [-0.05, 0) is 42.7 Å². The van der Waals surface area contributed by atoms with E-state index in [1.807, 2.05) is 30.3 Å². The minimum atomic E-state index is -0.465. The van der Waals surface area contributed by atoms with E-state index in [0.29, 0.717) is 18.7 Å². The fraction of sp³-hybridized carbons (Fsp3) is 0.286. The fourth-order valence-corrected chi connectivity index (χ4v) is 3.96. The van der Waals surface area contributed by atoms with Gasteiger partial charge in [0.2, 0.25) is 5.91 Å². The molecule has 2 heterocycles. The minimum absolute atomic E-state index is 0.197. The molecule has 1 amide bonds. The molecule has 1 aliphatic carbocycles. The molecule has 1 aromatic carbocycles. The van der Waals surface area contributed by atoms with Gasteiger partial charge in [-0.3, -0.25) is 9.78 Å². The molecular formula is C21H21N3O4. The normalized spacial score (nSPS) is 15.4. The van der Waals surface area contributed by atoms with E-state index in [-0.39, 0.29) is 18.4 Å². The molecule has 1 unspecified atom stereocenters. The maximum Gasteiger partial charge on any atom is 0.343 e. The zero-order chi connectivity index (χ0) is 19.7. The number of carbonyl (C=O) groups is 2. The SMILES string of the molecule is COC(=O)COc1cccc2c1c1c(n2Cc2ccccn2)CCC1C(N)=O. The van der Waals surface area contributed by atoms with Crippen LogP contribution in [0.25, 0.3) is 10.9 Å². The summed E-state index contributed by atoms with van der Waals surface area (Å²) in [6, 6.07) is 11.5. The highest BCUT2D eigenvalue weighted by Crippen LogP contribution is 2.44. The number of pyridine rings is 1. The second kappa shape index (κ2) is 7.34. The Kier molecular flexibility index (Phi) is 4.73. The van der Waals surface area contributed by atoms with Crippen LogP contribution in [0, 0.1) is 0 Å². The Morgan fingerprint density at radius 1 is 1.25 bits per heavy atom. The molecule has 0 radical (unpaired) electrons. The van der Waals surface area contributed by atoms with Gasteiger partial charge >= 0.3 is 5.97 Å². The zero-order valence-electron chi connectivity index (χ0n) is 15.6. The summed E-state index contributed by atoms with van der Waals surface area (Å²) in [4.78, 5) is 28.1. The molecule has 2 N–H and O–H groups in total. The molecule has 0 aliphatic heterocycles. The lowest BCUT2D eigenvalue weighted by Gasteiger charge is -2.12. The second-order valence-corrected chi connectivity index (χ2v) is 6.78. The number of methoxy groups -OCH3 is 1. The molecule has 2 aromatic heterocycles. The predicted octanol–water partition coefficient (Wildman–Crippen LogP) is 2.15. The lowest BCUT2D eigenvalue weighted by atomic mass is 9.99. The van der Waals surface area contributed by atoms with Gasteiger partial charge in [0.05, 0.1) is 30.8 Å². The maximum atomic E-state index is 12.1. The van der Waals surface area contributed by atoms with Crippen LogP contribution in [0.15, 0.2) is 42.6 Å². The van der Waals surface area contributed by atoms with E-state index in [2.05, 4.69) is 14.3 Å². The highest BCUT2D eigenvalue weighted by molar-refractivity contribution is 5.97. The summed E-state index contributed by atoms with van der Waals surface area (Å²) in [5.41, 5.74) is 9.51. The maximum absolute atomic E-state index is 12.1. The van der Waals surface area contributed by atoms with Crippen LogP contribution in [-0.4, -0.2) is 35.1 Å². The number of carbonyl (C=O) groups excluding carboxylic acids is 2. The molecule has 1 atom stereocenters. The summed E-state index contributed by atoms with van der Waals surface area (Å²) in [5.74, 6) is -0.635. The third-order valence-corrected chi connectivity index (χ3v) is 5.18. The summed E-state index contributed by atoms with van der Waals surface area (Å²) in [5, 5.41) is 0.832. The monoisotopic (exact) mass is 379 g/mol. The lowest BCUT2D eigenvalue weighted by Crippen LogP contribution is -2.19. The Bertz CT molecular complexity index is 1040. The van der Waals surface area contributed by atoms with Crippen molar-refractivity contribution < 1.29 is 19.1 Å². The average Bonchev–Trinajstić information content (AvgIpc) is 3.27. The topological polar surface area (TPSA) is 96.4 Å². The van der Waals surface area contributed by atoms with E-state index in [9.17, 15) is 9.59 Å². The number of aromatic nitrogens is 2. The van der Waals surface area contributed by atoms with Crippen LogP contribution in [0.1, 0.15) is 29.3 Å². The van der Waals surface area contributed by atoms with Crippen LogP contribution in [-0.2, 0) is 27.3 Å². The van der Waals surface area contributed by atoms with Crippen molar-refractivity contribution in [3.63, 3.8) is 0 Å². The first kappa shape index (κ1) is 18.0. The molecule has 0 spiro atoms. The van der Waals surface area contributed by atoms with Crippen LogP contribution in [0.4, 0.5) is 0 Å². The van der Waals surface area contributed by atoms with Gasteiger partial charge in [0.25, 0.3) is 0 Å². The Morgan fingerprint density at radius 3 is 2.82 bits per heavy atom. The van der Waals surface area contributed by atoms with E-state index >= 15 is 0 Å². The van der Waals surface area contributed by atoms with Crippen LogP contribution in [0.3, 0.4) is 0 Å². The van der Waals surface area contributed by atoms with E-state index < -0.39 is 5.97 Å². The molecule has 7 nitrogen and oxygen atoms in total. The van der Waals surface area contributed by atoms with Crippen LogP contribution in [0.2, 0.25) is 0 Å². The van der Waals surface area contributed by atoms with E-state index in [1.165, 1.54) is 7.11 Å². The second-order valence-electron chi connectivity index (χ2n) is 6.78. The Labute approximate surface area is 162 Å². The number of rotatable bonds is 6. The van der Waals surface area contributed by atoms with Crippen molar-refractivity contribution in [2.75, 3.05) is 13.7 Å². The summed E-state index contributed by atoms with van der Waals surface area (Å²) in [6.07, 6.45) is 3.18. The van der Waals surface area contributed by atoms with Crippen molar-refractivity contribution in [2.24, 2.45) is 5.73 Å². The van der Waals surface area contributed by atoms with Gasteiger partial charge in [0.15, 0.2) is 6.61 Å². The van der Waals surface area contributed by atoms with Gasteiger partial charge < -0.3 is 19.8 Å². The Hall–Kier alpha value is -3.35. The van der Waals surface area contributed by atoms with Crippen LogP contribution < -0.4 is 10.5 Å². The number of benzene rings is 1. The summed E-state index contributed by atoms with van der Waals surface area (Å²) < 4.78 is 12.6. The lowest BCUT2D eigenvalue weighted by molar-refractivity contribution is -0.142. The summed E-state index contributed by atoms with van der Waals surface area (Å²) in [6.45, 7) is 0.385. The van der Waals surface area contributed by atoms with Gasteiger partial charge in [0, 0.05) is 17.3 Å². The first-order valence-corrected chi connectivity index (χ1v) is 9.13. The molecule has 4 rings (SSSR count). The molecule has 0 fully saturated rings. The predicted molar refractivity (Wildman–Crippen MR) is 103 cm³/mol. The van der Waals surface area contributed by atoms with E-state index in [1.54, 1.807) is 12.3 Å². The molecular weight excluding hydrogens is 358 g/mol. The van der Waals surface area contributed by atoms with Gasteiger partial charge in [-0.1, -0.05) is 12.1 Å². The highest BCUT2D eigenvalue weighted by atomic mass is 16.6. The highest BCUT2D eigenvalue weighted by Gasteiger charge is 2.34. The molecule has 144 valence electrons. The summed E-state index contributed by atoms with van der Waals surface area (Å²) in [7, 11) is 1.32. The number of fused-ring (bicyclic) bond motifs is 3. The van der Waals surface area contributed by atoms with Crippen molar-refractivity contribution in [1.29, 1.82) is 0 Å². The quantitative estimate of drug-likeness (QED) is 0.662. The Balaban J connectivity index is 1.86. The molecule has 3 aromatic rings. The first-order valence-electron chi connectivity index (χ1n) is 9.13. The third-order valence-electron chi connectivity index (χ3n) is 5.18. The number of ether oxygens (including phenoxy) is 2. The standard InChI is InChI=1S/C21H21N3O4/c1-27-18(25)12-28-17-7-4-6-15-20(17)19-14(21(22)26)8-9-16(19)24(15)11-13-5-2-3-10-23-13/h2-7,10,14H,8-9,11-12H2,1H3,(H2,22,26). The number of amides is 1. The minimum Gasteiger partial charge on any atom is -0.481 e. The van der Waals surface area contributed by atoms with Gasteiger partial charge in [-0.25, -0.2) is 4.79 Å². The van der Waals surface area contributed by atoms with Crippen molar-refractivity contribution in [1.82, 2.24) is 9.55 Å². The fourth-order valence-electron chi connectivity index (χ4n) is 3.96. The summed E-state index contributed by atoms with van der Waals surface area (Å²) >= 11 is 0. The van der Waals surface area contributed by atoms with Gasteiger partial charge in [0.1, 0.15) is 5.75 Å². The number of nitrogens with two attached hydrogens (primary N) is 1. The van der Waals surface area contributed by atoms with Crippen molar-refractivity contribution in [2.45, 2.75) is 25.3 Å². The third kappa shape index (κ3) is 3.09. The number of primary amides is 1. The molecule has 0 saturated carbocycles. The van der Waals surface area contributed by atoms with Crippen LogP contribution >= 0.6 is 0 Å². The zero-order valence-corrected chi connectivity index (χ0v) is 15.6. The largest absolute Gasteiger partial charge is 0.481 e. The average molecular weight is 379 g/mol. The molecule has 0 saturated heterocycles. The number of esters is 1. The number of hydrogen-bond donors (Lipinski definition) is 1. The van der Waals surface area contributed by atoms with E-state index in [4.69, 9.17) is 10.5 Å². The van der Waals surface area contributed by atoms with E-state index in [0.717, 1.165) is 34.3 Å². The first-order chi connectivity index (χ1) is 13.6.